The lowest BCUT2D eigenvalue weighted by Crippen LogP contribution is -2.54. The normalized spacial score (nSPS) is 11.4. The number of carbonyl (C=O) groups is 3. The molecule has 0 heterocycles. The molecule has 0 spiro atoms. The summed E-state index contributed by atoms with van der Waals surface area (Å²) in [6.45, 7) is 4.90. The highest BCUT2D eigenvalue weighted by atomic mass is 16.5. The number of hydrogen-bond donors (Lipinski definition) is 3. The predicted octanol–water partition coefficient (Wildman–Crippen LogP) is 0.625. The molecule has 0 saturated carbocycles. The first kappa shape index (κ1) is 19.3. The van der Waals surface area contributed by atoms with Gasteiger partial charge in [-0.25, -0.2) is 0 Å². The summed E-state index contributed by atoms with van der Waals surface area (Å²) < 4.78 is 10.2. The van der Waals surface area contributed by atoms with Crippen LogP contribution in [0.4, 0.5) is 0 Å². The minimum absolute atomic E-state index is 0.136. The van der Waals surface area contributed by atoms with Gasteiger partial charge in [0.2, 0.25) is 5.91 Å². The molecule has 1 rings (SSSR count). The fourth-order valence-corrected chi connectivity index (χ4v) is 1.96. The summed E-state index contributed by atoms with van der Waals surface area (Å²) in [7, 11) is 2.94. The first-order valence-electron chi connectivity index (χ1n) is 7.38. The Labute approximate surface area is 140 Å². The molecule has 1 atom stereocenters. The molecule has 0 saturated heterocycles. The fourth-order valence-electron chi connectivity index (χ4n) is 1.96. The summed E-state index contributed by atoms with van der Waals surface area (Å²) in [5.74, 6) is -0.613. The van der Waals surface area contributed by atoms with Crippen molar-refractivity contribution in [2.75, 3.05) is 14.2 Å². The number of nitrogens with one attached hydrogen (secondary N) is 3. The molecule has 0 unspecified atom stereocenters. The van der Waals surface area contributed by atoms with Gasteiger partial charge < -0.3 is 14.8 Å². The summed E-state index contributed by atoms with van der Waals surface area (Å²) >= 11 is 0. The van der Waals surface area contributed by atoms with Crippen molar-refractivity contribution in [3.05, 3.63) is 23.8 Å². The zero-order valence-corrected chi connectivity index (χ0v) is 14.4. The molecular weight excluding hydrogens is 314 g/mol. The van der Waals surface area contributed by atoms with Crippen LogP contribution < -0.4 is 25.6 Å². The summed E-state index contributed by atoms with van der Waals surface area (Å²) in [4.78, 5) is 35.4. The van der Waals surface area contributed by atoms with Gasteiger partial charge >= 0.3 is 0 Å². The second-order valence-corrected chi connectivity index (χ2v) is 5.47. The van der Waals surface area contributed by atoms with Gasteiger partial charge in [-0.1, -0.05) is 13.8 Å². The third-order valence-electron chi connectivity index (χ3n) is 3.22. The Morgan fingerprint density at radius 2 is 1.50 bits per heavy atom. The molecule has 0 aliphatic rings. The van der Waals surface area contributed by atoms with Crippen LogP contribution >= 0.6 is 0 Å². The topological polar surface area (TPSA) is 106 Å². The predicted molar refractivity (Wildman–Crippen MR) is 87.6 cm³/mol. The van der Waals surface area contributed by atoms with Crippen molar-refractivity contribution in [1.82, 2.24) is 16.2 Å². The summed E-state index contributed by atoms with van der Waals surface area (Å²) in [6, 6.07) is 3.90. The lowest BCUT2D eigenvalue weighted by atomic mass is 10.0. The molecule has 1 aromatic carbocycles. The van der Waals surface area contributed by atoms with Gasteiger partial charge in [0.25, 0.3) is 11.8 Å². The molecule has 0 aliphatic heterocycles. The van der Waals surface area contributed by atoms with Crippen LogP contribution in [-0.2, 0) is 9.59 Å². The van der Waals surface area contributed by atoms with Gasteiger partial charge in [0.15, 0.2) is 0 Å². The maximum atomic E-state index is 12.2. The van der Waals surface area contributed by atoms with Gasteiger partial charge in [0.1, 0.15) is 17.5 Å². The Morgan fingerprint density at radius 1 is 0.958 bits per heavy atom. The van der Waals surface area contributed by atoms with Gasteiger partial charge in [-0.3, -0.25) is 25.2 Å². The van der Waals surface area contributed by atoms with Crippen molar-refractivity contribution in [3.8, 4) is 11.5 Å². The molecule has 24 heavy (non-hydrogen) atoms. The van der Waals surface area contributed by atoms with E-state index in [0.29, 0.717) is 11.5 Å². The van der Waals surface area contributed by atoms with Gasteiger partial charge in [0.05, 0.1) is 14.2 Å². The van der Waals surface area contributed by atoms with E-state index in [1.807, 2.05) is 0 Å². The van der Waals surface area contributed by atoms with Gasteiger partial charge in [-0.05, 0) is 18.1 Å². The molecule has 8 heteroatoms. The number of hydrogen-bond acceptors (Lipinski definition) is 5. The molecule has 0 fully saturated rings. The first-order valence-corrected chi connectivity index (χ1v) is 7.38. The number of benzene rings is 1. The molecule has 0 radical (unpaired) electrons. The minimum atomic E-state index is -0.748. The third kappa shape index (κ3) is 5.45. The molecule has 0 aliphatic carbocycles. The van der Waals surface area contributed by atoms with Crippen LogP contribution in [0.25, 0.3) is 0 Å². The average Bonchev–Trinajstić information content (AvgIpc) is 2.56. The molecule has 0 bridgehead atoms. The van der Waals surface area contributed by atoms with Crippen LogP contribution in [0.2, 0.25) is 0 Å². The number of amides is 3. The Bertz CT molecular complexity index is 593. The number of hydrazine groups is 1. The zero-order valence-electron chi connectivity index (χ0n) is 14.4. The van der Waals surface area contributed by atoms with E-state index in [1.54, 1.807) is 19.9 Å². The molecule has 132 valence electrons. The maximum absolute atomic E-state index is 12.2. The number of rotatable bonds is 6. The Hall–Kier alpha value is -2.77. The smallest absolute Gasteiger partial charge is 0.269 e. The monoisotopic (exact) mass is 337 g/mol. The first-order chi connectivity index (χ1) is 11.3. The highest BCUT2D eigenvalue weighted by molar-refractivity contribution is 5.97. The summed E-state index contributed by atoms with van der Waals surface area (Å²) in [5, 5.41) is 2.54. The number of carbonyl (C=O) groups excluding carboxylic acids is 3. The van der Waals surface area contributed by atoms with Gasteiger partial charge in [0, 0.05) is 18.6 Å². The summed E-state index contributed by atoms with van der Waals surface area (Å²) in [5.41, 5.74) is 4.87. The van der Waals surface area contributed by atoms with E-state index >= 15 is 0 Å². The van der Waals surface area contributed by atoms with Crippen molar-refractivity contribution >= 4 is 17.7 Å². The summed E-state index contributed by atoms with van der Waals surface area (Å²) in [6.07, 6.45) is 0. The number of methoxy groups -OCH3 is 2. The molecule has 1 aromatic rings. The molecule has 3 amide bonds. The second-order valence-electron chi connectivity index (χ2n) is 5.47. The number of ether oxygens (including phenoxy) is 2. The molecule has 0 aromatic heterocycles. The highest BCUT2D eigenvalue weighted by Crippen LogP contribution is 2.22. The van der Waals surface area contributed by atoms with Crippen LogP contribution in [0, 0.1) is 5.92 Å². The van der Waals surface area contributed by atoms with Crippen LogP contribution in [0.1, 0.15) is 31.1 Å². The Morgan fingerprint density at radius 3 is 1.92 bits per heavy atom. The minimum Gasteiger partial charge on any atom is -0.497 e. The van der Waals surface area contributed by atoms with Crippen molar-refractivity contribution < 1.29 is 23.9 Å². The zero-order chi connectivity index (χ0) is 18.3. The van der Waals surface area contributed by atoms with Crippen molar-refractivity contribution in [3.63, 3.8) is 0 Å². The van der Waals surface area contributed by atoms with Crippen LogP contribution in [-0.4, -0.2) is 38.0 Å². The van der Waals surface area contributed by atoms with E-state index < -0.39 is 17.9 Å². The SMILES string of the molecule is COc1cc(OC)cc(C(=O)NNC(=O)[C@H](NC(C)=O)C(C)C)c1. The van der Waals surface area contributed by atoms with Gasteiger partial charge in [-0.2, -0.15) is 0 Å². The van der Waals surface area contributed by atoms with E-state index in [-0.39, 0.29) is 17.4 Å². The van der Waals surface area contributed by atoms with Crippen molar-refractivity contribution in [1.29, 1.82) is 0 Å². The Kier molecular flexibility index (Phi) is 7.03. The van der Waals surface area contributed by atoms with Crippen molar-refractivity contribution in [2.24, 2.45) is 5.92 Å². The maximum Gasteiger partial charge on any atom is 0.269 e. The fraction of sp³-hybridized carbons (Fsp3) is 0.438. The van der Waals surface area contributed by atoms with Crippen LogP contribution in [0.3, 0.4) is 0 Å². The van der Waals surface area contributed by atoms with E-state index in [0.717, 1.165) is 0 Å². The van der Waals surface area contributed by atoms with Crippen LogP contribution in [0.15, 0.2) is 18.2 Å². The average molecular weight is 337 g/mol. The van der Waals surface area contributed by atoms with E-state index in [2.05, 4.69) is 16.2 Å². The van der Waals surface area contributed by atoms with Crippen LogP contribution in [0.5, 0.6) is 11.5 Å². The molecule has 3 N–H and O–H groups in total. The Balaban J connectivity index is 2.77. The highest BCUT2D eigenvalue weighted by Gasteiger charge is 2.23. The standard InChI is InChI=1S/C16H23N3O5/c1-9(2)14(17-10(3)20)16(22)19-18-15(21)11-6-12(23-4)8-13(7-11)24-5/h6-9,14H,1-5H3,(H,17,20)(H,18,21)(H,19,22)/t14-/m1/s1. The largest absolute Gasteiger partial charge is 0.497 e. The van der Waals surface area contributed by atoms with E-state index in [1.165, 1.54) is 33.3 Å². The van der Waals surface area contributed by atoms with E-state index in [4.69, 9.17) is 9.47 Å². The quantitative estimate of drug-likeness (QED) is 0.660. The lowest BCUT2D eigenvalue weighted by molar-refractivity contribution is -0.129. The second kappa shape index (κ2) is 8.76. The van der Waals surface area contributed by atoms with Gasteiger partial charge in [-0.15, -0.1) is 0 Å². The van der Waals surface area contributed by atoms with E-state index in [9.17, 15) is 14.4 Å². The van der Waals surface area contributed by atoms with Crippen molar-refractivity contribution in [2.45, 2.75) is 26.8 Å². The third-order valence-corrected chi connectivity index (χ3v) is 3.22. The molecular formula is C16H23N3O5. The lowest BCUT2D eigenvalue weighted by Gasteiger charge is -2.21. The molecule has 8 nitrogen and oxygen atoms in total.